The molecule has 1 N–H and O–H groups in total. The van der Waals surface area contributed by atoms with E-state index in [2.05, 4.69) is 5.32 Å². The number of amides is 1. The van der Waals surface area contributed by atoms with Gasteiger partial charge in [0.25, 0.3) is 5.91 Å². The van der Waals surface area contributed by atoms with Gasteiger partial charge in [0.2, 0.25) is 0 Å². The molecule has 0 heterocycles. The van der Waals surface area contributed by atoms with Crippen LogP contribution >= 0.6 is 11.6 Å². The zero-order valence-corrected chi connectivity index (χ0v) is 17.2. The van der Waals surface area contributed by atoms with Crippen molar-refractivity contribution in [2.45, 2.75) is 12.8 Å². The van der Waals surface area contributed by atoms with Crippen LogP contribution in [0.15, 0.2) is 78.4 Å². The summed E-state index contributed by atoms with van der Waals surface area (Å²) in [6.45, 7) is 0.318. The number of hydrogen-bond acceptors (Lipinski definition) is 3. The summed E-state index contributed by atoms with van der Waals surface area (Å²) in [5, 5.41) is 12.2. The normalized spacial score (nSPS) is 11.5. The first-order valence-corrected chi connectivity index (χ1v) is 9.70. The van der Waals surface area contributed by atoms with Gasteiger partial charge in [0, 0.05) is 10.7 Å². The van der Waals surface area contributed by atoms with Crippen molar-refractivity contribution in [2.24, 2.45) is 0 Å². The molecule has 0 aliphatic heterocycles. The molecule has 162 valence electrons. The number of benzene rings is 3. The van der Waals surface area contributed by atoms with E-state index in [4.69, 9.17) is 16.3 Å². The Kier molecular flexibility index (Phi) is 7.18. The molecule has 4 nitrogen and oxygen atoms in total. The van der Waals surface area contributed by atoms with Crippen LogP contribution in [-0.2, 0) is 17.6 Å². The van der Waals surface area contributed by atoms with Gasteiger partial charge in [0.15, 0.2) is 0 Å². The van der Waals surface area contributed by atoms with Crippen molar-refractivity contribution >= 4 is 29.3 Å². The summed E-state index contributed by atoms with van der Waals surface area (Å²) in [6.07, 6.45) is -3.20. The van der Waals surface area contributed by atoms with Crippen LogP contribution in [0.5, 0.6) is 5.75 Å². The van der Waals surface area contributed by atoms with E-state index in [1.54, 1.807) is 42.5 Å². The lowest BCUT2D eigenvalue weighted by molar-refractivity contribution is -0.137. The third-order valence-electron chi connectivity index (χ3n) is 4.30. The largest absolute Gasteiger partial charge is 0.489 e. The Bertz CT molecular complexity index is 1180. The lowest BCUT2D eigenvalue weighted by Crippen LogP contribution is -2.14. The zero-order valence-electron chi connectivity index (χ0n) is 16.5. The summed E-state index contributed by atoms with van der Waals surface area (Å²) in [5.41, 5.74) is 0.243. The van der Waals surface area contributed by atoms with E-state index >= 15 is 0 Å². The molecule has 0 fully saturated rings. The van der Waals surface area contributed by atoms with Gasteiger partial charge in [-0.25, -0.2) is 0 Å². The van der Waals surface area contributed by atoms with Crippen LogP contribution in [0.2, 0.25) is 5.02 Å². The van der Waals surface area contributed by atoms with E-state index in [9.17, 15) is 23.2 Å². The number of rotatable bonds is 6. The first-order chi connectivity index (χ1) is 15.2. The molecule has 1 amide bonds. The maximum Gasteiger partial charge on any atom is 0.416 e. The summed E-state index contributed by atoms with van der Waals surface area (Å²) in [4.78, 5) is 12.3. The number of nitrogens with one attached hydrogen (secondary N) is 1. The number of nitriles is 1. The number of nitrogens with zero attached hydrogens (tertiary/aromatic N) is 1. The SMILES string of the molecule is N#C/C(=C\c1ccc(OCc2cccc(Cl)c2)cc1)C(=O)Nc1cccc(C(F)(F)F)c1. The summed E-state index contributed by atoms with van der Waals surface area (Å²) in [5.74, 6) is -0.234. The highest BCUT2D eigenvalue weighted by Crippen LogP contribution is 2.30. The quantitative estimate of drug-likeness (QED) is 0.341. The van der Waals surface area contributed by atoms with Crippen molar-refractivity contribution in [1.82, 2.24) is 0 Å². The fourth-order valence-electron chi connectivity index (χ4n) is 2.74. The molecule has 0 aliphatic rings. The van der Waals surface area contributed by atoms with Gasteiger partial charge in [-0.1, -0.05) is 41.9 Å². The average molecular weight is 457 g/mol. The van der Waals surface area contributed by atoms with Gasteiger partial charge in [-0.2, -0.15) is 18.4 Å². The maximum absolute atomic E-state index is 12.8. The van der Waals surface area contributed by atoms with Crippen LogP contribution in [0.25, 0.3) is 6.08 Å². The van der Waals surface area contributed by atoms with Crippen molar-refractivity contribution in [2.75, 3.05) is 5.32 Å². The topological polar surface area (TPSA) is 62.1 Å². The summed E-state index contributed by atoms with van der Waals surface area (Å²) in [6, 6.07) is 19.9. The summed E-state index contributed by atoms with van der Waals surface area (Å²) < 4.78 is 44.2. The lowest BCUT2D eigenvalue weighted by atomic mass is 10.1. The van der Waals surface area contributed by atoms with E-state index in [1.165, 1.54) is 18.2 Å². The minimum Gasteiger partial charge on any atom is -0.489 e. The van der Waals surface area contributed by atoms with Gasteiger partial charge in [-0.15, -0.1) is 0 Å². The highest BCUT2D eigenvalue weighted by atomic mass is 35.5. The van der Waals surface area contributed by atoms with E-state index in [1.807, 2.05) is 12.1 Å². The van der Waals surface area contributed by atoms with Crippen molar-refractivity contribution < 1.29 is 22.7 Å². The molecule has 0 spiro atoms. The van der Waals surface area contributed by atoms with E-state index in [0.717, 1.165) is 17.7 Å². The number of carbonyl (C=O) groups excluding carboxylic acids is 1. The Morgan fingerprint density at radius 2 is 1.78 bits per heavy atom. The Labute approximate surface area is 187 Å². The van der Waals surface area contributed by atoms with Crippen LogP contribution < -0.4 is 10.1 Å². The van der Waals surface area contributed by atoms with Crippen molar-refractivity contribution in [3.8, 4) is 11.8 Å². The third-order valence-corrected chi connectivity index (χ3v) is 4.53. The molecule has 8 heteroatoms. The molecule has 0 atom stereocenters. The number of ether oxygens (including phenoxy) is 1. The Balaban J connectivity index is 1.66. The smallest absolute Gasteiger partial charge is 0.416 e. The molecule has 3 aromatic carbocycles. The van der Waals surface area contributed by atoms with Gasteiger partial charge in [-0.05, 0) is 59.7 Å². The molecule has 0 saturated heterocycles. The number of carbonyl (C=O) groups is 1. The molecule has 3 aromatic rings. The van der Waals surface area contributed by atoms with Gasteiger partial charge in [0.1, 0.15) is 24.0 Å². The molecule has 0 aromatic heterocycles. The summed E-state index contributed by atoms with van der Waals surface area (Å²) in [7, 11) is 0. The molecular weight excluding hydrogens is 441 g/mol. The molecule has 0 bridgehead atoms. The Hall–Kier alpha value is -3.76. The van der Waals surface area contributed by atoms with Crippen LogP contribution in [0.3, 0.4) is 0 Å². The van der Waals surface area contributed by atoms with Crippen molar-refractivity contribution in [3.63, 3.8) is 0 Å². The van der Waals surface area contributed by atoms with Crippen LogP contribution in [0.1, 0.15) is 16.7 Å². The van der Waals surface area contributed by atoms with Crippen molar-refractivity contribution in [1.29, 1.82) is 5.26 Å². The number of halogens is 4. The monoisotopic (exact) mass is 456 g/mol. The van der Waals surface area contributed by atoms with E-state index in [-0.39, 0.29) is 11.3 Å². The van der Waals surface area contributed by atoms with Gasteiger partial charge in [-0.3, -0.25) is 4.79 Å². The van der Waals surface area contributed by atoms with Crippen LogP contribution in [0.4, 0.5) is 18.9 Å². The molecule has 0 saturated carbocycles. The molecule has 3 rings (SSSR count). The maximum atomic E-state index is 12.8. The molecule has 0 aliphatic carbocycles. The predicted molar refractivity (Wildman–Crippen MR) is 116 cm³/mol. The molecule has 0 unspecified atom stereocenters. The second-order valence-electron chi connectivity index (χ2n) is 6.69. The highest BCUT2D eigenvalue weighted by Gasteiger charge is 2.30. The minimum absolute atomic E-state index is 0.0595. The standard InChI is InChI=1S/C24H16ClF3N2O2/c25-20-5-1-3-17(12-20)15-32-22-9-7-16(8-10-22)11-18(14-29)23(31)30-21-6-2-4-19(13-21)24(26,27)28/h1-13H,15H2,(H,30,31)/b18-11+. The second-order valence-corrected chi connectivity index (χ2v) is 7.13. The molecule has 0 radical (unpaired) electrons. The first-order valence-electron chi connectivity index (χ1n) is 9.32. The van der Waals surface area contributed by atoms with E-state index in [0.29, 0.717) is 22.9 Å². The average Bonchev–Trinajstić information content (AvgIpc) is 2.76. The fraction of sp³-hybridized carbons (Fsp3) is 0.0833. The van der Waals surface area contributed by atoms with Crippen LogP contribution in [0, 0.1) is 11.3 Å². The number of alkyl halides is 3. The molecule has 32 heavy (non-hydrogen) atoms. The Morgan fingerprint density at radius 3 is 2.44 bits per heavy atom. The Morgan fingerprint density at radius 1 is 1.06 bits per heavy atom. The first kappa shape index (κ1) is 22.9. The third kappa shape index (κ3) is 6.37. The second kappa shape index (κ2) is 10.0. The number of hydrogen-bond donors (Lipinski definition) is 1. The van der Waals surface area contributed by atoms with Gasteiger partial charge < -0.3 is 10.1 Å². The predicted octanol–water partition coefficient (Wildman–Crippen LogP) is 6.48. The molecular formula is C24H16ClF3N2O2. The van der Waals surface area contributed by atoms with Crippen LogP contribution in [-0.4, -0.2) is 5.91 Å². The minimum atomic E-state index is -4.54. The van der Waals surface area contributed by atoms with Gasteiger partial charge >= 0.3 is 6.18 Å². The van der Waals surface area contributed by atoms with E-state index < -0.39 is 17.6 Å². The van der Waals surface area contributed by atoms with Crippen molar-refractivity contribution in [3.05, 3.63) is 100 Å². The highest BCUT2D eigenvalue weighted by molar-refractivity contribution is 6.30. The van der Waals surface area contributed by atoms with Gasteiger partial charge in [0.05, 0.1) is 5.56 Å². The lowest BCUT2D eigenvalue weighted by Gasteiger charge is -2.09. The zero-order chi connectivity index (χ0) is 23.1. The summed E-state index contributed by atoms with van der Waals surface area (Å²) >= 11 is 5.94. The number of anilines is 1. The fourth-order valence-corrected chi connectivity index (χ4v) is 2.95.